The Balaban J connectivity index is 2.34. The van der Waals surface area contributed by atoms with Crippen molar-refractivity contribution < 1.29 is 19.1 Å². The quantitative estimate of drug-likeness (QED) is 0.566. The Morgan fingerprint density at radius 1 is 1.14 bits per heavy atom. The maximum absolute atomic E-state index is 12.4. The minimum Gasteiger partial charge on any atom is -0.462 e. The number of hydrogen-bond donors (Lipinski definition) is 2. The van der Waals surface area contributed by atoms with Gasteiger partial charge in [-0.25, -0.2) is 4.79 Å². The van der Waals surface area contributed by atoms with Gasteiger partial charge in [-0.3, -0.25) is 9.59 Å². The lowest BCUT2D eigenvalue weighted by Crippen LogP contribution is -2.16. The van der Waals surface area contributed by atoms with Crippen LogP contribution in [0.15, 0.2) is 30.3 Å². The molecule has 0 atom stereocenters. The van der Waals surface area contributed by atoms with E-state index in [2.05, 4.69) is 5.32 Å². The number of rotatable bonds is 7. The van der Waals surface area contributed by atoms with Gasteiger partial charge >= 0.3 is 5.97 Å². The van der Waals surface area contributed by atoms with Crippen molar-refractivity contribution in [1.82, 2.24) is 4.57 Å². The predicted octanol–water partition coefficient (Wildman–Crippen LogP) is 3.05. The van der Waals surface area contributed by atoms with Gasteiger partial charge in [-0.2, -0.15) is 0 Å². The smallest absolute Gasteiger partial charge is 0.340 e. The van der Waals surface area contributed by atoms with Crippen molar-refractivity contribution >= 4 is 29.5 Å². The van der Waals surface area contributed by atoms with Crippen molar-refractivity contribution in [2.45, 2.75) is 34.2 Å². The van der Waals surface area contributed by atoms with Crippen LogP contribution in [0.5, 0.6) is 0 Å². The van der Waals surface area contributed by atoms with Crippen LogP contribution in [-0.2, 0) is 16.1 Å². The number of benzene rings is 1. The number of anilines is 1. The first-order chi connectivity index (χ1) is 13.3. The number of aromatic nitrogens is 1. The zero-order valence-corrected chi connectivity index (χ0v) is 16.5. The first kappa shape index (κ1) is 21.0. The number of nitrogens with zero attached hydrogens (tertiary/aromatic N) is 1. The Labute approximate surface area is 164 Å². The highest BCUT2D eigenvalue weighted by Gasteiger charge is 2.22. The summed E-state index contributed by atoms with van der Waals surface area (Å²) in [6.07, 6.45) is 2.91. The van der Waals surface area contributed by atoms with Crippen LogP contribution < -0.4 is 11.1 Å². The average molecular weight is 383 g/mol. The van der Waals surface area contributed by atoms with Crippen molar-refractivity contribution in [2.75, 3.05) is 11.9 Å². The largest absolute Gasteiger partial charge is 0.462 e. The lowest BCUT2D eigenvalue weighted by Gasteiger charge is -2.06. The van der Waals surface area contributed by atoms with Crippen molar-refractivity contribution in [3.63, 3.8) is 0 Å². The molecule has 0 fully saturated rings. The summed E-state index contributed by atoms with van der Waals surface area (Å²) >= 11 is 0. The van der Waals surface area contributed by atoms with E-state index in [0.717, 1.165) is 11.4 Å². The normalized spacial score (nSPS) is 10.9. The number of carbonyl (C=O) groups is 3. The number of ether oxygens (including phenoxy) is 1. The van der Waals surface area contributed by atoms with Gasteiger partial charge in [0.05, 0.1) is 23.4 Å². The number of para-hydroxylation sites is 1. The molecule has 148 valence electrons. The van der Waals surface area contributed by atoms with E-state index in [1.807, 2.05) is 25.3 Å². The molecular weight excluding hydrogens is 358 g/mol. The maximum atomic E-state index is 12.4. The van der Waals surface area contributed by atoms with Crippen molar-refractivity contribution in [1.29, 1.82) is 0 Å². The number of primary amides is 1. The van der Waals surface area contributed by atoms with Gasteiger partial charge in [0.1, 0.15) is 0 Å². The Morgan fingerprint density at radius 3 is 2.43 bits per heavy atom. The fourth-order valence-electron chi connectivity index (χ4n) is 3.19. The van der Waals surface area contributed by atoms with Crippen LogP contribution in [0.3, 0.4) is 0 Å². The maximum Gasteiger partial charge on any atom is 0.340 e. The van der Waals surface area contributed by atoms with Crippen LogP contribution in [-0.4, -0.2) is 29.0 Å². The molecule has 0 aliphatic heterocycles. The molecule has 1 aromatic heterocycles. The molecule has 1 aromatic carbocycles. The van der Waals surface area contributed by atoms with Crippen LogP contribution in [0, 0.1) is 13.8 Å². The summed E-state index contributed by atoms with van der Waals surface area (Å²) in [7, 11) is 0. The number of nitrogens with one attached hydrogen (secondary N) is 1. The molecule has 7 nitrogen and oxygen atoms in total. The Bertz CT molecular complexity index is 941. The van der Waals surface area contributed by atoms with Gasteiger partial charge in [-0.15, -0.1) is 0 Å². The molecule has 28 heavy (non-hydrogen) atoms. The van der Waals surface area contributed by atoms with E-state index in [4.69, 9.17) is 10.5 Å². The van der Waals surface area contributed by atoms with Crippen molar-refractivity contribution in [2.24, 2.45) is 5.73 Å². The summed E-state index contributed by atoms with van der Waals surface area (Å²) in [5.41, 5.74) is 8.62. The molecule has 0 saturated heterocycles. The van der Waals surface area contributed by atoms with Gasteiger partial charge in [0, 0.05) is 29.6 Å². The number of esters is 1. The van der Waals surface area contributed by atoms with Crippen LogP contribution in [0.4, 0.5) is 5.69 Å². The van der Waals surface area contributed by atoms with E-state index in [9.17, 15) is 14.4 Å². The zero-order chi connectivity index (χ0) is 20.8. The van der Waals surface area contributed by atoms with Gasteiger partial charge in [-0.05, 0) is 45.9 Å². The molecule has 0 radical (unpaired) electrons. The topological polar surface area (TPSA) is 103 Å². The number of hydrogen-bond acceptors (Lipinski definition) is 4. The third-order valence-electron chi connectivity index (χ3n) is 4.48. The first-order valence-electron chi connectivity index (χ1n) is 9.06. The Morgan fingerprint density at radius 2 is 1.82 bits per heavy atom. The van der Waals surface area contributed by atoms with Crippen LogP contribution in [0.25, 0.3) is 6.08 Å². The lowest BCUT2D eigenvalue weighted by molar-refractivity contribution is -0.111. The summed E-state index contributed by atoms with van der Waals surface area (Å²) in [4.78, 5) is 36.2. The fraction of sp³-hybridized carbons (Fsp3) is 0.286. The van der Waals surface area contributed by atoms with E-state index < -0.39 is 17.8 Å². The second kappa shape index (κ2) is 9.03. The van der Waals surface area contributed by atoms with Crippen molar-refractivity contribution in [3.8, 4) is 0 Å². The highest BCUT2D eigenvalue weighted by Crippen LogP contribution is 2.25. The molecule has 0 unspecified atom stereocenters. The number of nitrogens with two attached hydrogens (primary N) is 1. The third-order valence-corrected chi connectivity index (χ3v) is 4.48. The first-order valence-corrected chi connectivity index (χ1v) is 9.06. The monoisotopic (exact) mass is 383 g/mol. The summed E-state index contributed by atoms with van der Waals surface area (Å²) < 4.78 is 7.16. The standard InChI is InChI=1S/C21H25N3O4/c1-5-24-13(3)15(19(14(24)4)21(27)28-6-2)11-12-18(25)23-17-10-8-7-9-16(17)20(22)26/h7-12H,5-6H2,1-4H3,(H2,22,26)(H,23,25)/b12-11+. The molecule has 1 heterocycles. The van der Waals surface area contributed by atoms with E-state index >= 15 is 0 Å². The van der Waals surface area contributed by atoms with E-state index in [-0.39, 0.29) is 12.2 Å². The third kappa shape index (κ3) is 4.31. The molecule has 2 aromatic rings. The highest BCUT2D eigenvalue weighted by molar-refractivity contribution is 6.08. The molecule has 0 saturated carbocycles. The molecule has 2 amide bonds. The summed E-state index contributed by atoms with van der Waals surface area (Å²) in [5.74, 6) is -1.49. The second-order valence-electron chi connectivity index (χ2n) is 6.16. The van der Waals surface area contributed by atoms with E-state index in [0.29, 0.717) is 23.4 Å². The van der Waals surface area contributed by atoms with Gasteiger partial charge < -0.3 is 20.4 Å². The second-order valence-corrected chi connectivity index (χ2v) is 6.16. The lowest BCUT2D eigenvalue weighted by atomic mass is 10.1. The van der Waals surface area contributed by atoms with Gasteiger partial charge in [0.15, 0.2) is 0 Å². The van der Waals surface area contributed by atoms with Gasteiger partial charge in [0.2, 0.25) is 5.91 Å². The highest BCUT2D eigenvalue weighted by atomic mass is 16.5. The molecule has 0 aliphatic carbocycles. The zero-order valence-electron chi connectivity index (χ0n) is 16.5. The summed E-state index contributed by atoms with van der Waals surface area (Å²) in [5, 5.41) is 2.64. The predicted molar refractivity (Wildman–Crippen MR) is 108 cm³/mol. The summed E-state index contributed by atoms with van der Waals surface area (Å²) in [6, 6.07) is 6.49. The van der Waals surface area contributed by atoms with Crippen LogP contribution >= 0.6 is 0 Å². The van der Waals surface area contributed by atoms with E-state index in [1.54, 1.807) is 31.2 Å². The molecule has 3 N–H and O–H groups in total. The minimum atomic E-state index is -0.629. The van der Waals surface area contributed by atoms with E-state index in [1.165, 1.54) is 12.1 Å². The number of amides is 2. The molecular formula is C21H25N3O4. The minimum absolute atomic E-state index is 0.223. The van der Waals surface area contributed by atoms with Crippen molar-refractivity contribution in [3.05, 3.63) is 58.4 Å². The van der Waals surface area contributed by atoms with Crippen LogP contribution in [0.2, 0.25) is 0 Å². The molecule has 0 aliphatic rings. The van der Waals surface area contributed by atoms with Gasteiger partial charge in [-0.1, -0.05) is 12.1 Å². The summed E-state index contributed by atoms with van der Waals surface area (Å²) in [6.45, 7) is 8.42. The average Bonchev–Trinajstić information content (AvgIpc) is 2.89. The fourth-order valence-corrected chi connectivity index (χ4v) is 3.19. The number of carbonyl (C=O) groups excluding carboxylic acids is 3. The van der Waals surface area contributed by atoms with Crippen LogP contribution in [0.1, 0.15) is 51.5 Å². The Kier molecular flexibility index (Phi) is 6.76. The molecule has 7 heteroatoms. The van der Waals surface area contributed by atoms with Gasteiger partial charge in [0.25, 0.3) is 5.91 Å². The SMILES string of the molecule is CCOC(=O)c1c(/C=C/C(=O)Nc2ccccc2C(N)=O)c(C)n(CC)c1C. The Hall–Kier alpha value is -3.35. The molecule has 0 spiro atoms. The molecule has 0 bridgehead atoms. The molecule has 2 rings (SSSR count).